The molecule has 0 bridgehead atoms. The van der Waals surface area contributed by atoms with E-state index in [1.165, 1.54) is 5.56 Å². The van der Waals surface area contributed by atoms with E-state index in [2.05, 4.69) is 59.5 Å². The molecule has 1 N–H and O–H groups in total. The predicted octanol–water partition coefficient (Wildman–Crippen LogP) is 3.58. The van der Waals surface area contributed by atoms with Crippen LogP contribution in [0.25, 0.3) is 0 Å². The number of benzene rings is 2. The molecule has 1 aliphatic rings. The minimum Gasteiger partial charge on any atom is -0.496 e. The second-order valence-electron chi connectivity index (χ2n) is 8.43. The number of rotatable bonds is 9. The van der Waals surface area contributed by atoms with Crippen molar-refractivity contribution in [1.29, 1.82) is 0 Å². The van der Waals surface area contributed by atoms with Crippen molar-refractivity contribution in [3.63, 3.8) is 0 Å². The van der Waals surface area contributed by atoms with E-state index >= 15 is 0 Å². The van der Waals surface area contributed by atoms with Crippen molar-refractivity contribution in [2.24, 2.45) is 0 Å². The van der Waals surface area contributed by atoms with Crippen LogP contribution in [0.2, 0.25) is 0 Å². The van der Waals surface area contributed by atoms with Gasteiger partial charge in [-0.05, 0) is 69.2 Å². The number of anilines is 1. The van der Waals surface area contributed by atoms with Crippen LogP contribution in [0.3, 0.4) is 0 Å². The Bertz CT molecular complexity index is 818. The Kier molecular flexibility index (Phi) is 8.74. The standard InChI is InChI=1S/C25H36N4O2/c1-27(2)14-7-10-22-20-23(11-12-24(22)31-3)26-25(30)29-18-16-28(17-19-29)15-13-21-8-5-4-6-9-21/h4-6,8-9,11-12,20H,7,10,13-19H2,1-3H3,(H,26,30). The second-order valence-corrected chi connectivity index (χ2v) is 8.43. The van der Waals surface area contributed by atoms with E-state index < -0.39 is 0 Å². The number of nitrogens with zero attached hydrogens (tertiary/aromatic N) is 3. The topological polar surface area (TPSA) is 48.1 Å². The lowest BCUT2D eigenvalue weighted by atomic mass is 10.1. The van der Waals surface area contributed by atoms with Crippen molar-refractivity contribution in [2.75, 3.05) is 65.8 Å². The van der Waals surface area contributed by atoms with Crippen LogP contribution in [-0.2, 0) is 12.8 Å². The second kappa shape index (κ2) is 11.7. The van der Waals surface area contributed by atoms with Crippen LogP contribution >= 0.6 is 0 Å². The molecule has 0 aromatic heterocycles. The Balaban J connectivity index is 1.47. The summed E-state index contributed by atoms with van der Waals surface area (Å²) >= 11 is 0. The Morgan fingerprint density at radius 3 is 2.45 bits per heavy atom. The summed E-state index contributed by atoms with van der Waals surface area (Å²) in [5.41, 5.74) is 3.33. The van der Waals surface area contributed by atoms with E-state index in [0.717, 1.165) is 75.5 Å². The summed E-state index contributed by atoms with van der Waals surface area (Å²) in [4.78, 5) is 19.3. The highest BCUT2D eigenvalue weighted by Crippen LogP contribution is 2.24. The van der Waals surface area contributed by atoms with Crippen LogP contribution in [0.5, 0.6) is 5.75 Å². The van der Waals surface area contributed by atoms with Crippen LogP contribution in [0.4, 0.5) is 10.5 Å². The highest BCUT2D eigenvalue weighted by molar-refractivity contribution is 5.89. The summed E-state index contributed by atoms with van der Waals surface area (Å²) in [6, 6.07) is 16.5. The molecule has 1 heterocycles. The molecule has 0 aliphatic carbocycles. The summed E-state index contributed by atoms with van der Waals surface area (Å²) < 4.78 is 5.50. The van der Waals surface area contributed by atoms with Crippen LogP contribution in [0.15, 0.2) is 48.5 Å². The normalized spacial score (nSPS) is 14.6. The molecule has 3 rings (SSSR count). The molecular formula is C25H36N4O2. The average molecular weight is 425 g/mol. The fourth-order valence-corrected chi connectivity index (χ4v) is 3.95. The zero-order chi connectivity index (χ0) is 22.1. The molecule has 0 spiro atoms. The number of nitrogens with one attached hydrogen (secondary N) is 1. The average Bonchev–Trinajstić information content (AvgIpc) is 2.78. The number of urea groups is 1. The molecule has 2 aromatic rings. The predicted molar refractivity (Wildman–Crippen MR) is 127 cm³/mol. The maximum absolute atomic E-state index is 12.8. The number of carbonyl (C=O) groups is 1. The van der Waals surface area contributed by atoms with E-state index in [1.54, 1.807) is 7.11 Å². The third-order valence-corrected chi connectivity index (χ3v) is 5.80. The zero-order valence-electron chi connectivity index (χ0n) is 19.1. The van der Waals surface area contributed by atoms with Gasteiger partial charge in [-0.25, -0.2) is 4.79 Å². The lowest BCUT2D eigenvalue weighted by Gasteiger charge is -2.34. The summed E-state index contributed by atoms with van der Waals surface area (Å²) in [6.45, 7) is 5.40. The Labute approximate surface area is 186 Å². The third kappa shape index (κ3) is 7.26. The number of methoxy groups -OCH3 is 1. The first-order valence-corrected chi connectivity index (χ1v) is 11.2. The monoisotopic (exact) mass is 424 g/mol. The van der Waals surface area contributed by atoms with Gasteiger partial charge in [0.2, 0.25) is 0 Å². The minimum atomic E-state index is -0.0212. The fraction of sp³-hybridized carbons (Fsp3) is 0.480. The van der Waals surface area contributed by atoms with Crippen molar-refractivity contribution in [3.05, 3.63) is 59.7 Å². The van der Waals surface area contributed by atoms with Crippen LogP contribution in [0, 0.1) is 0 Å². The number of carbonyl (C=O) groups excluding carboxylic acids is 1. The van der Waals surface area contributed by atoms with Crippen molar-refractivity contribution < 1.29 is 9.53 Å². The van der Waals surface area contributed by atoms with Crippen molar-refractivity contribution in [2.45, 2.75) is 19.3 Å². The van der Waals surface area contributed by atoms with Crippen molar-refractivity contribution in [1.82, 2.24) is 14.7 Å². The molecular weight excluding hydrogens is 388 g/mol. The van der Waals surface area contributed by atoms with Gasteiger partial charge in [-0.3, -0.25) is 4.90 Å². The number of aryl methyl sites for hydroxylation is 1. The maximum atomic E-state index is 12.8. The number of piperazine rings is 1. The Morgan fingerprint density at radius 2 is 1.77 bits per heavy atom. The lowest BCUT2D eigenvalue weighted by molar-refractivity contribution is 0.148. The molecule has 0 radical (unpaired) electrons. The molecule has 0 unspecified atom stereocenters. The molecule has 1 fully saturated rings. The van der Waals surface area contributed by atoms with Gasteiger partial charge >= 0.3 is 6.03 Å². The highest BCUT2D eigenvalue weighted by Gasteiger charge is 2.21. The number of hydrogen-bond donors (Lipinski definition) is 1. The van der Waals surface area contributed by atoms with E-state index in [1.807, 2.05) is 23.1 Å². The van der Waals surface area contributed by atoms with Gasteiger partial charge in [-0.2, -0.15) is 0 Å². The molecule has 2 amide bonds. The van der Waals surface area contributed by atoms with E-state index in [-0.39, 0.29) is 6.03 Å². The quantitative estimate of drug-likeness (QED) is 0.668. The summed E-state index contributed by atoms with van der Waals surface area (Å²) in [6.07, 6.45) is 3.02. The van der Waals surface area contributed by atoms with Crippen LogP contribution in [-0.4, -0.2) is 81.2 Å². The largest absolute Gasteiger partial charge is 0.496 e. The number of amides is 2. The van der Waals surface area contributed by atoms with Crippen LogP contribution in [0.1, 0.15) is 17.5 Å². The minimum absolute atomic E-state index is 0.0212. The van der Waals surface area contributed by atoms with E-state index in [0.29, 0.717) is 0 Å². The SMILES string of the molecule is COc1ccc(NC(=O)N2CCN(CCc3ccccc3)CC2)cc1CCCN(C)C. The van der Waals surface area contributed by atoms with E-state index in [9.17, 15) is 4.79 Å². The van der Waals surface area contributed by atoms with Gasteiger partial charge in [-0.1, -0.05) is 30.3 Å². The molecule has 6 heteroatoms. The first-order chi connectivity index (χ1) is 15.0. The van der Waals surface area contributed by atoms with Gasteiger partial charge in [0.1, 0.15) is 5.75 Å². The summed E-state index contributed by atoms with van der Waals surface area (Å²) in [7, 11) is 5.85. The first-order valence-electron chi connectivity index (χ1n) is 11.2. The van der Waals surface area contributed by atoms with E-state index in [4.69, 9.17) is 4.74 Å². The number of ether oxygens (including phenoxy) is 1. The smallest absolute Gasteiger partial charge is 0.321 e. The van der Waals surface area contributed by atoms with Crippen molar-refractivity contribution in [3.8, 4) is 5.75 Å². The van der Waals surface area contributed by atoms with Gasteiger partial charge < -0.3 is 19.9 Å². The Hall–Kier alpha value is -2.57. The van der Waals surface area contributed by atoms with Gasteiger partial charge in [0.15, 0.2) is 0 Å². The molecule has 0 saturated carbocycles. The van der Waals surface area contributed by atoms with Gasteiger partial charge in [0, 0.05) is 38.4 Å². The molecule has 0 atom stereocenters. The van der Waals surface area contributed by atoms with Gasteiger partial charge in [0.25, 0.3) is 0 Å². The number of hydrogen-bond acceptors (Lipinski definition) is 4. The van der Waals surface area contributed by atoms with Crippen molar-refractivity contribution >= 4 is 11.7 Å². The summed E-state index contributed by atoms with van der Waals surface area (Å²) in [5, 5.41) is 3.08. The third-order valence-electron chi connectivity index (χ3n) is 5.80. The van der Waals surface area contributed by atoms with Gasteiger partial charge in [0.05, 0.1) is 7.11 Å². The molecule has 6 nitrogen and oxygen atoms in total. The highest BCUT2D eigenvalue weighted by atomic mass is 16.5. The molecule has 31 heavy (non-hydrogen) atoms. The lowest BCUT2D eigenvalue weighted by Crippen LogP contribution is -2.50. The fourth-order valence-electron chi connectivity index (χ4n) is 3.95. The molecule has 2 aromatic carbocycles. The molecule has 1 aliphatic heterocycles. The van der Waals surface area contributed by atoms with Crippen LogP contribution < -0.4 is 10.1 Å². The zero-order valence-corrected chi connectivity index (χ0v) is 19.1. The Morgan fingerprint density at radius 1 is 1.03 bits per heavy atom. The molecule has 168 valence electrons. The van der Waals surface area contributed by atoms with Gasteiger partial charge in [-0.15, -0.1) is 0 Å². The maximum Gasteiger partial charge on any atom is 0.321 e. The molecule has 1 saturated heterocycles. The summed E-state index contributed by atoms with van der Waals surface area (Å²) in [5.74, 6) is 0.879. The first kappa shape index (κ1) is 23.1.